The Bertz CT molecular complexity index is 939. The van der Waals surface area contributed by atoms with Crippen molar-refractivity contribution in [2.24, 2.45) is 0 Å². The Labute approximate surface area is 152 Å². The van der Waals surface area contributed by atoms with Crippen LogP contribution < -0.4 is 10.6 Å². The van der Waals surface area contributed by atoms with E-state index in [1.54, 1.807) is 0 Å². The SMILES string of the molecule is C=c1[nH]c2ccc(I)cc2/c1=C/c1cc(Br)c(O)c(Br)c1. The molecule has 0 aliphatic rings. The Hall–Kier alpha value is -0.790. The third kappa shape index (κ3) is 2.91. The molecule has 0 fully saturated rings. The Morgan fingerprint density at radius 1 is 1.14 bits per heavy atom. The highest BCUT2D eigenvalue weighted by atomic mass is 127. The van der Waals surface area contributed by atoms with Crippen LogP contribution in [0.1, 0.15) is 5.56 Å². The second-order valence-electron chi connectivity index (χ2n) is 4.68. The minimum Gasteiger partial charge on any atom is -0.506 e. The maximum atomic E-state index is 9.79. The number of nitrogens with one attached hydrogen (secondary N) is 1. The number of fused-ring (bicyclic) bond motifs is 1. The molecule has 0 amide bonds. The normalized spacial score (nSPS) is 12.2. The van der Waals surface area contributed by atoms with Crippen LogP contribution in [0.25, 0.3) is 23.6 Å². The van der Waals surface area contributed by atoms with E-state index in [2.05, 4.69) is 90.3 Å². The van der Waals surface area contributed by atoms with E-state index in [9.17, 15) is 5.11 Å². The molecule has 2 N–H and O–H groups in total. The lowest BCUT2D eigenvalue weighted by molar-refractivity contribution is 0.468. The van der Waals surface area contributed by atoms with Crippen molar-refractivity contribution in [1.29, 1.82) is 0 Å². The molecule has 106 valence electrons. The summed E-state index contributed by atoms with van der Waals surface area (Å²) in [5.41, 5.74) is 2.06. The van der Waals surface area contributed by atoms with Crippen molar-refractivity contribution in [3.63, 3.8) is 0 Å². The average Bonchev–Trinajstić information content (AvgIpc) is 2.72. The van der Waals surface area contributed by atoms with E-state index >= 15 is 0 Å². The van der Waals surface area contributed by atoms with Crippen LogP contribution in [-0.4, -0.2) is 10.1 Å². The predicted molar refractivity (Wildman–Crippen MR) is 103 cm³/mol. The number of aromatic nitrogens is 1. The van der Waals surface area contributed by atoms with Crippen LogP contribution >= 0.6 is 54.5 Å². The van der Waals surface area contributed by atoms with Gasteiger partial charge in [-0.05, 0) is 96.4 Å². The molecule has 0 saturated carbocycles. The predicted octanol–water partition coefficient (Wildman–Crippen LogP) is 4.24. The molecule has 2 nitrogen and oxygen atoms in total. The number of aromatic hydroxyl groups is 1. The molecule has 1 aromatic heterocycles. The topological polar surface area (TPSA) is 36.0 Å². The maximum Gasteiger partial charge on any atom is 0.143 e. The zero-order valence-corrected chi connectivity index (χ0v) is 16.1. The number of phenols is 1. The van der Waals surface area contributed by atoms with E-state index in [-0.39, 0.29) is 5.75 Å². The minimum atomic E-state index is 0.204. The molecule has 3 rings (SSSR count). The number of aromatic amines is 1. The molecule has 0 aliphatic heterocycles. The molecule has 3 aromatic rings. The van der Waals surface area contributed by atoms with Crippen LogP contribution in [0, 0.1) is 3.57 Å². The molecule has 1 heterocycles. The molecular formula is C16H10Br2INO. The summed E-state index contributed by atoms with van der Waals surface area (Å²) in [4.78, 5) is 3.30. The lowest BCUT2D eigenvalue weighted by atomic mass is 10.1. The first-order valence-corrected chi connectivity index (χ1v) is 8.78. The lowest BCUT2D eigenvalue weighted by Gasteiger charge is -2.02. The number of hydrogen-bond donors (Lipinski definition) is 2. The number of phenolic OH excluding ortho intramolecular Hbond substituents is 1. The Balaban J connectivity index is 2.32. The van der Waals surface area contributed by atoms with Gasteiger partial charge in [-0.2, -0.15) is 0 Å². The average molecular weight is 519 g/mol. The Morgan fingerprint density at radius 3 is 2.48 bits per heavy atom. The van der Waals surface area contributed by atoms with Gasteiger partial charge in [0.25, 0.3) is 0 Å². The molecule has 0 aliphatic carbocycles. The van der Waals surface area contributed by atoms with E-state index in [0.717, 1.165) is 27.0 Å². The third-order valence-electron chi connectivity index (χ3n) is 3.23. The second-order valence-corrected chi connectivity index (χ2v) is 7.64. The summed E-state index contributed by atoms with van der Waals surface area (Å²) in [6.45, 7) is 4.08. The van der Waals surface area contributed by atoms with E-state index in [0.29, 0.717) is 8.95 Å². The maximum absolute atomic E-state index is 9.79. The van der Waals surface area contributed by atoms with Gasteiger partial charge in [0.2, 0.25) is 0 Å². The van der Waals surface area contributed by atoms with Crippen LogP contribution in [0.4, 0.5) is 0 Å². The van der Waals surface area contributed by atoms with Crippen molar-refractivity contribution in [2.75, 3.05) is 0 Å². The van der Waals surface area contributed by atoms with Gasteiger partial charge < -0.3 is 10.1 Å². The first kappa shape index (κ1) is 15.1. The zero-order valence-electron chi connectivity index (χ0n) is 10.8. The fourth-order valence-corrected chi connectivity index (χ4v) is 3.95. The van der Waals surface area contributed by atoms with Crippen molar-refractivity contribution in [1.82, 2.24) is 4.98 Å². The van der Waals surface area contributed by atoms with E-state index in [1.165, 1.54) is 3.57 Å². The molecule has 5 heteroatoms. The summed E-state index contributed by atoms with van der Waals surface area (Å²) < 4.78 is 2.49. The van der Waals surface area contributed by atoms with Crippen LogP contribution in [0.15, 0.2) is 39.3 Å². The number of hydrogen-bond acceptors (Lipinski definition) is 1. The zero-order chi connectivity index (χ0) is 15.1. The summed E-state index contributed by atoms with van der Waals surface area (Å²) in [6, 6.07) is 10.0. The highest BCUT2D eigenvalue weighted by Gasteiger charge is 2.06. The van der Waals surface area contributed by atoms with E-state index in [4.69, 9.17) is 0 Å². The number of H-pyrrole nitrogens is 1. The van der Waals surface area contributed by atoms with E-state index < -0.39 is 0 Å². The molecule has 2 aromatic carbocycles. The van der Waals surface area contributed by atoms with Crippen molar-refractivity contribution in [3.05, 3.63) is 59.0 Å². The van der Waals surface area contributed by atoms with Crippen molar-refractivity contribution < 1.29 is 5.11 Å². The van der Waals surface area contributed by atoms with E-state index in [1.807, 2.05) is 12.1 Å². The highest BCUT2D eigenvalue weighted by molar-refractivity contribution is 14.1. The lowest BCUT2D eigenvalue weighted by Crippen LogP contribution is -2.20. The Morgan fingerprint density at radius 2 is 1.81 bits per heavy atom. The molecule has 0 bridgehead atoms. The summed E-state index contributed by atoms with van der Waals surface area (Å²) >= 11 is 9.02. The van der Waals surface area contributed by atoms with Crippen LogP contribution in [-0.2, 0) is 0 Å². The Kier molecular flexibility index (Phi) is 4.16. The van der Waals surface area contributed by atoms with Crippen molar-refractivity contribution in [2.45, 2.75) is 0 Å². The van der Waals surface area contributed by atoms with Gasteiger partial charge in [0.1, 0.15) is 5.75 Å². The fourth-order valence-electron chi connectivity index (χ4n) is 2.24. The van der Waals surface area contributed by atoms with Crippen molar-refractivity contribution >= 4 is 78.0 Å². The highest BCUT2D eigenvalue weighted by Crippen LogP contribution is 2.33. The monoisotopic (exact) mass is 517 g/mol. The molecular weight excluding hydrogens is 509 g/mol. The van der Waals surface area contributed by atoms with Gasteiger partial charge in [-0.15, -0.1) is 0 Å². The first-order valence-electron chi connectivity index (χ1n) is 6.11. The summed E-state index contributed by atoms with van der Waals surface area (Å²) in [6.07, 6.45) is 2.06. The fraction of sp³-hybridized carbons (Fsp3) is 0. The van der Waals surface area contributed by atoms with Crippen LogP contribution in [0.3, 0.4) is 0 Å². The number of halogens is 3. The first-order chi connectivity index (χ1) is 9.95. The van der Waals surface area contributed by atoms with Gasteiger partial charge >= 0.3 is 0 Å². The quantitative estimate of drug-likeness (QED) is 0.465. The van der Waals surface area contributed by atoms with Crippen LogP contribution in [0.2, 0.25) is 0 Å². The molecule has 0 atom stereocenters. The van der Waals surface area contributed by atoms with Gasteiger partial charge in [-0.25, -0.2) is 0 Å². The smallest absolute Gasteiger partial charge is 0.143 e. The molecule has 0 spiro atoms. The van der Waals surface area contributed by atoms with Gasteiger partial charge in [0.05, 0.1) is 8.95 Å². The largest absolute Gasteiger partial charge is 0.506 e. The van der Waals surface area contributed by atoms with Gasteiger partial charge in [-0.3, -0.25) is 0 Å². The van der Waals surface area contributed by atoms with Crippen molar-refractivity contribution in [3.8, 4) is 5.75 Å². The van der Waals surface area contributed by atoms with Gasteiger partial charge in [0, 0.05) is 25.0 Å². The summed E-state index contributed by atoms with van der Waals surface area (Å²) in [5, 5.41) is 12.9. The van der Waals surface area contributed by atoms with Gasteiger partial charge in [0.15, 0.2) is 0 Å². The molecule has 0 saturated heterocycles. The molecule has 21 heavy (non-hydrogen) atoms. The number of rotatable bonds is 1. The standard InChI is InChI=1S/C16H10Br2INO/c1-8-11(12-7-10(19)2-3-15(12)20-8)4-9-5-13(17)16(21)14(18)6-9/h2-7,20-21H,1H2/b11-4+. The molecule has 0 unspecified atom stereocenters. The minimum absolute atomic E-state index is 0.204. The van der Waals surface area contributed by atoms with Gasteiger partial charge in [-0.1, -0.05) is 6.58 Å². The molecule has 0 radical (unpaired) electrons. The summed E-state index contributed by atoms with van der Waals surface area (Å²) in [5.74, 6) is 0.204. The number of benzene rings is 2. The third-order valence-corrected chi connectivity index (χ3v) is 5.11. The second kappa shape index (κ2) is 5.78. The van der Waals surface area contributed by atoms with Crippen LogP contribution in [0.5, 0.6) is 5.75 Å². The summed E-state index contributed by atoms with van der Waals surface area (Å²) in [7, 11) is 0.